The SMILES string of the molecule is CCCNc1nc(N)nc(N(C)C(C)CC)n1. The molecule has 0 aliphatic rings. The topological polar surface area (TPSA) is 80.0 Å². The molecular weight excluding hydrogens is 216 g/mol. The molecule has 1 rings (SSSR count). The van der Waals surface area contributed by atoms with E-state index in [0.29, 0.717) is 17.9 Å². The van der Waals surface area contributed by atoms with Gasteiger partial charge in [0.15, 0.2) is 0 Å². The van der Waals surface area contributed by atoms with Gasteiger partial charge in [-0.05, 0) is 19.8 Å². The number of nitrogens with zero attached hydrogens (tertiary/aromatic N) is 4. The van der Waals surface area contributed by atoms with E-state index in [-0.39, 0.29) is 5.95 Å². The summed E-state index contributed by atoms with van der Waals surface area (Å²) >= 11 is 0. The van der Waals surface area contributed by atoms with Gasteiger partial charge in [0.25, 0.3) is 0 Å². The third kappa shape index (κ3) is 3.72. The predicted octanol–water partition coefficient (Wildman–Crippen LogP) is 1.51. The Hall–Kier alpha value is -1.59. The molecule has 0 aromatic carbocycles. The van der Waals surface area contributed by atoms with Crippen molar-refractivity contribution in [3.63, 3.8) is 0 Å². The van der Waals surface area contributed by atoms with Crippen LogP contribution in [0.5, 0.6) is 0 Å². The number of rotatable bonds is 6. The van der Waals surface area contributed by atoms with E-state index in [9.17, 15) is 0 Å². The zero-order chi connectivity index (χ0) is 12.8. The molecule has 0 spiro atoms. The molecule has 1 heterocycles. The maximum absolute atomic E-state index is 5.68. The van der Waals surface area contributed by atoms with Crippen LogP contribution in [0.1, 0.15) is 33.6 Å². The molecule has 1 atom stereocenters. The van der Waals surface area contributed by atoms with Crippen molar-refractivity contribution in [2.24, 2.45) is 0 Å². The number of nitrogens with one attached hydrogen (secondary N) is 1. The van der Waals surface area contributed by atoms with Gasteiger partial charge in [-0.25, -0.2) is 0 Å². The molecule has 1 unspecified atom stereocenters. The van der Waals surface area contributed by atoms with E-state index in [1.807, 2.05) is 11.9 Å². The molecule has 6 heteroatoms. The third-order valence-corrected chi connectivity index (χ3v) is 2.74. The Bertz CT molecular complexity index is 354. The largest absolute Gasteiger partial charge is 0.368 e. The van der Waals surface area contributed by atoms with Crippen molar-refractivity contribution in [1.82, 2.24) is 15.0 Å². The first-order valence-electron chi connectivity index (χ1n) is 6.06. The van der Waals surface area contributed by atoms with Crippen molar-refractivity contribution < 1.29 is 0 Å². The fourth-order valence-corrected chi connectivity index (χ4v) is 1.33. The highest BCUT2D eigenvalue weighted by Gasteiger charge is 2.13. The number of nitrogen functional groups attached to an aromatic ring is 1. The second-order valence-corrected chi connectivity index (χ2v) is 4.11. The lowest BCUT2D eigenvalue weighted by Crippen LogP contribution is -2.30. The van der Waals surface area contributed by atoms with Crippen LogP contribution in [0.4, 0.5) is 17.8 Å². The third-order valence-electron chi connectivity index (χ3n) is 2.74. The molecule has 0 aliphatic carbocycles. The molecule has 96 valence electrons. The van der Waals surface area contributed by atoms with E-state index in [1.165, 1.54) is 0 Å². The normalized spacial score (nSPS) is 12.2. The summed E-state index contributed by atoms with van der Waals surface area (Å²) in [6.45, 7) is 7.17. The van der Waals surface area contributed by atoms with E-state index < -0.39 is 0 Å². The van der Waals surface area contributed by atoms with Gasteiger partial charge in [-0.2, -0.15) is 15.0 Å². The summed E-state index contributed by atoms with van der Waals surface area (Å²) in [6.07, 6.45) is 2.04. The molecule has 17 heavy (non-hydrogen) atoms. The van der Waals surface area contributed by atoms with Crippen molar-refractivity contribution in [3.05, 3.63) is 0 Å². The molecule has 3 N–H and O–H groups in total. The van der Waals surface area contributed by atoms with Crippen LogP contribution in [0.15, 0.2) is 0 Å². The van der Waals surface area contributed by atoms with Crippen LogP contribution in [0, 0.1) is 0 Å². The summed E-state index contributed by atoms with van der Waals surface area (Å²) in [5.74, 6) is 1.42. The molecule has 0 saturated heterocycles. The molecule has 0 aliphatic heterocycles. The van der Waals surface area contributed by atoms with Crippen LogP contribution in [0.25, 0.3) is 0 Å². The highest BCUT2D eigenvalue weighted by Crippen LogP contribution is 2.14. The van der Waals surface area contributed by atoms with E-state index >= 15 is 0 Å². The molecule has 6 nitrogen and oxygen atoms in total. The Labute approximate surface area is 103 Å². The Morgan fingerprint density at radius 2 is 2.00 bits per heavy atom. The Morgan fingerprint density at radius 3 is 2.59 bits per heavy atom. The van der Waals surface area contributed by atoms with Gasteiger partial charge in [-0.3, -0.25) is 0 Å². The van der Waals surface area contributed by atoms with Crippen molar-refractivity contribution >= 4 is 17.8 Å². The highest BCUT2D eigenvalue weighted by molar-refractivity contribution is 5.41. The number of nitrogens with two attached hydrogens (primary N) is 1. The summed E-state index contributed by atoms with van der Waals surface area (Å²) in [6, 6.07) is 0.371. The van der Waals surface area contributed by atoms with E-state index in [0.717, 1.165) is 19.4 Å². The van der Waals surface area contributed by atoms with Gasteiger partial charge in [-0.1, -0.05) is 13.8 Å². The molecule has 0 radical (unpaired) electrons. The first-order chi connectivity index (χ1) is 8.08. The zero-order valence-electron chi connectivity index (χ0n) is 11.1. The highest BCUT2D eigenvalue weighted by atomic mass is 15.3. The lowest BCUT2D eigenvalue weighted by Gasteiger charge is -2.23. The van der Waals surface area contributed by atoms with Crippen molar-refractivity contribution in [2.45, 2.75) is 39.7 Å². The average Bonchev–Trinajstić information content (AvgIpc) is 2.33. The number of hydrogen-bond acceptors (Lipinski definition) is 6. The maximum Gasteiger partial charge on any atom is 0.231 e. The molecule has 0 fully saturated rings. The van der Waals surface area contributed by atoms with Gasteiger partial charge in [-0.15, -0.1) is 0 Å². The number of hydrogen-bond donors (Lipinski definition) is 2. The maximum atomic E-state index is 5.68. The van der Waals surface area contributed by atoms with Gasteiger partial charge in [0, 0.05) is 19.6 Å². The molecule has 0 amide bonds. The van der Waals surface area contributed by atoms with E-state index in [4.69, 9.17) is 5.73 Å². The van der Waals surface area contributed by atoms with Crippen molar-refractivity contribution in [3.8, 4) is 0 Å². The standard InChI is InChI=1S/C11H22N6/c1-5-7-13-10-14-9(12)15-11(16-10)17(4)8(3)6-2/h8H,5-7H2,1-4H3,(H3,12,13,14,15,16). The Morgan fingerprint density at radius 1 is 1.29 bits per heavy atom. The van der Waals surface area contributed by atoms with Crippen LogP contribution in [0.2, 0.25) is 0 Å². The number of anilines is 3. The van der Waals surface area contributed by atoms with Gasteiger partial charge in [0.2, 0.25) is 17.8 Å². The molecular formula is C11H22N6. The monoisotopic (exact) mass is 238 g/mol. The first-order valence-corrected chi connectivity index (χ1v) is 6.06. The first kappa shape index (κ1) is 13.5. The smallest absolute Gasteiger partial charge is 0.231 e. The molecule has 1 aromatic heterocycles. The summed E-state index contributed by atoms with van der Waals surface area (Å²) in [7, 11) is 1.96. The summed E-state index contributed by atoms with van der Waals surface area (Å²) in [4.78, 5) is 14.6. The van der Waals surface area contributed by atoms with E-state index in [1.54, 1.807) is 0 Å². The Kier molecular flexibility index (Phi) is 4.93. The van der Waals surface area contributed by atoms with Crippen molar-refractivity contribution in [1.29, 1.82) is 0 Å². The predicted molar refractivity (Wildman–Crippen MR) is 71.2 cm³/mol. The lowest BCUT2D eigenvalue weighted by molar-refractivity contribution is 0.647. The fraction of sp³-hybridized carbons (Fsp3) is 0.727. The van der Waals surface area contributed by atoms with Crippen LogP contribution in [-0.4, -0.2) is 34.6 Å². The molecule has 0 bridgehead atoms. The second kappa shape index (κ2) is 6.22. The van der Waals surface area contributed by atoms with Crippen LogP contribution >= 0.6 is 0 Å². The lowest BCUT2D eigenvalue weighted by atomic mass is 10.2. The summed E-state index contributed by atoms with van der Waals surface area (Å²) in [5, 5.41) is 3.12. The summed E-state index contributed by atoms with van der Waals surface area (Å²) in [5.41, 5.74) is 5.68. The Balaban J connectivity index is 2.88. The molecule has 1 aromatic rings. The van der Waals surface area contributed by atoms with Gasteiger partial charge < -0.3 is 16.0 Å². The van der Waals surface area contributed by atoms with Crippen LogP contribution in [-0.2, 0) is 0 Å². The van der Waals surface area contributed by atoms with Gasteiger partial charge >= 0.3 is 0 Å². The zero-order valence-corrected chi connectivity index (χ0v) is 11.1. The quantitative estimate of drug-likeness (QED) is 0.782. The minimum Gasteiger partial charge on any atom is -0.368 e. The summed E-state index contributed by atoms with van der Waals surface area (Å²) < 4.78 is 0. The minimum atomic E-state index is 0.253. The second-order valence-electron chi connectivity index (χ2n) is 4.11. The average molecular weight is 238 g/mol. The molecule has 0 saturated carbocycles. The van der Waals surface area contributed by atoms with Gasteiger partial charge in [0.1, 0.15) is 0 Å². The van der Waals surface area contributed by atoms with E-state index in [2.05, 4.69) is 41.0 Å². The van der Waals surface area contributed by atoms with Crippen LogP contribution in [0.3, 0.4) is 0 Å². The van der Waals surface area contributed by atoms with Gasteiger partial charge in [0.05, 0.1) is 0 Å². The van der Waals surface area contributed by atoms with Crippen molar-refractivity contribution in [2.75, 3.05) is 29.5 Å². The van der Waals surface area contributed by atoms with Crippen LogP contribution < -0.4 is 16.0 Å². The number of aromatic nitrogens is 3. The fourth-order valence-electron chi connectivity index (χ4n) is 1.33. The minimum absolute atomic E-state index is 0.253.